The lowest BCUT2D eigenvalue weighted by atomic mass is 10.1. The molecule has 0 spiro atoms. The van der Waals surface area contributed by atoms with Crippen LogP contribution in [-0.2, 0) is 16.7 Å². The average molecular weight is 393 g/mol. The third kappa shape index (κ3) is 6.54. The normalized spacial score (nSPS) is 11.3. The van der Waals surface area contributed by atoms with E-state index >= 15 is 0 Å². The topological polar surface area (TPSA) is 27.7 Å². The van der Waals surface area contributed by atoms with Crippen LogP contribution in [0.15, 0.2) is 48.5 Å². The Morgan fingerprint density at radius 1 is 0.875 bits per heavy atom. The summed E-state index contributed by atoms with van der Waals surface area (Å²) in [5.41, 5.74) is 2.05. The molecule has 2 rings (SSSR count). The molecule has 3 nitrogen and oxygen atoms in total. The van der Waals surface area contributed by atoms with Crippen LogP contribution in [0.5, 0.6) is 11.5 Å². The van der Waals surface area contributed by atoms with Gasteiger partial charge in [0.25, 0.3) is 0 Å². The number of hydrogen-bond donors (Lipinski definition) is 0. The first kappa shape index (κ1) is 18.8. The molecule has 0 atom stereocenters. The van der Waals surface area contributed by atoms with Gasteiger partial charge in [0.15, 0.2) is 11.5 Å². The van der Waals surface area contributed by atoms with Gasteiger partial charge in [0, 0.05) is 5.33 Å². The zero-order valence-corrected chi connectivity index (χ0v) is 16.1. The molecule has 2 aromatic carbocycles. The summed E-state index contributed by atoms with van der Waals surface area (Å²) in [6, 6.07) is 16.1. The van der Waals surface area contributed by atoms with Crippen molar-refractivity contribution in [3.8, 4) is 11.5 Å². The number of hydrogen-bond acceptors (Lipinski definition) is 3. The second-order valence-corrected chi connectivity index (χ2v) is 7.08. The molecule has 0 heterocycles. The molecule has 0 aromatic heterocycles. The maximum Gasteiger partial charge on any atom is 0.162 e. The second-order valence-electron chi connectivity index (χ2n) is 6.52. The highest BCUT2D eigenvalue weighted by atomic mass is 79.9. The van der Waals surface area contributed by atoms with E-state index in [0.717, 1.165) is 28.0 Å². The summed E-state index contributed by atoms with van der Waals surface area (Å²) >= 11 is 3.47. The third-order valence-corrected chi connectivity index (χ3v) is 3.82. The summed E-state index contributed by atoms with van der Waals surface area (Å²) in [7, 11) is 0. The molecule has 4 heteroatoms. The quantitative estimate of drug-likeness (QED) is 0.447. The van der Waals surface area contributed by atoms with Gasteiger partial charge in [-0.3, -0.25) is 0 Å². The van der Waals surface area contributed by atoms with Gasteiger partial charge < -0.3 is 14.2 Å². The Balaban J connectivity index is 1.87. The lowest BCUT2D eigenvalue weighted by Crippen LogP contribution is -2.23. The first-order chi connectivity index (χ1) is 11.5. The lowest BCUT2D eigenvalue weighted by molar-refractivity contribution is 0.0831. The summed E-state index contributed by atoms with van der Waals surface area (Å²) in [6.45, 7) is 7.70. The first-order valence-electron chi connectivity index (χ1n) is 8.10. The van der Waals surface area contributed by atoms with Crippen molar-refractivity contribution < 1.29 is 14.2 Å². The van der Waals surface area contributed by atoms with Gasteiger partial charge >= 0.3 is 0 Å². The van der Waals surface area contributed by atoms with E-state index in [4.69, 9.17) is 14.2 Å². The van der Waals surface area contributed by atoms with E-state index < -0.39 is 0 Å². The molecule has 0 N–H and O–H groups in total. The van der Waals surface area contributed by atoms with E-state index in [0.29, 0.717) is 19.8 Å². The molecule has 0 aliphatic heterocycles. The van der Waals surface area contributed by atoms with Crippen molar-refractivity contribution in [2.45, 2.75) is 38.3 Å². The maximum absolute atomic E-state index is 6.02. The highest BCUT2D eigenvalue weighted by molar-refractivity contribution is 9.08. The van der Waals surface area contributed by atoms with Crippen LogP contribution in [0.25, 0.3) is 0 Å². The minimum Gasteiger partial charge on any atom is -0.487 e. The van der Waals surface area contributed by atoms with Crippen LogP contribution in [0.4, 0.5) is 0 Å². The van der Waals surface area contributed by atoms with Crippen LogP contribution in [0.3, 0.4) is 0 Å². The highest BCUT2D eigenvalue weighted by Crippen LogP contribution is 2.32. The van der Waals surface area contributed by atoms with Crippen LogP contribution in [0.1, 0.15) is 31.9 Å². The van der Waals surface area contributed by atoms with Crippen molar-refractivity contribution in [2.75, 3.05) is 13.2 Å². The van der Waals surface area contributed by atoms with Crippen molar-refractivity contribution in [1.29, 1.82) is 0 Å². The van der Waals surface area contributed by atoms with Crippen molar-refractivity contribution in [2.24, 2.45) is 0 Å². The SMILES string of the molecule is CC(C)(C)Oc1cc(CBr)ccc1OCCOCc1ccccc1. The zero-order chi connectivity index (χ0) is 17.4. The summed E-state index contributed by atoms with van der Waals surface area (Å²) in [4.78, 5) is 0. The van der Waals surface area contributed by atoms with Crippen LogP contribution >= 0.6 is 15.9 Å². The lowest BCUT2D eigenvalue weighted by Gasteiger charge is -2.23. The molecule has 0 amide bonds. The predicted octanol–water partition coefficient (Wildman–Crippen LogP) is 5.35. The fourth-order valence-corrected chi connectivity index (χ4v) is 2.49. The predicted molar refractivity (Wildman–Crippen MR) is 101 cm³/mol. The summed E-state index contributed by atoms with van der Waals surface area (Å²) in [5, 5.41) is 0.786. The van der Waals surface area contributed by atoms with Crippen LogP contribution < -0.4 is 9.47 Å². The summed E-state index contributed by atoms with van der Waals surface area (Å²) in [6.07, 6.45) is 0. The molecule has 2 aromatic rings. The van der Waals surface area contributed by atoms with Gasteiger partial charge in [0.05, 0.1) is 13.2 Å². The molecular weight excluding hydrogens is 368 g/mol. The van der Waals surface area contributed by atoms with Crippen molar-refractivity contribution in [3.05, 3.63) is 59.7 Å². The summed E-state index contributed by atoms with van der Waals surface area (Å²) in [5.74, 6) is 1.51. The van der Waals surface area contributed by atoms with Gasteiger partial charge in [-0.25, -0.2) is 0 Å². The van der Waals surface area contributed by atoms with Crippen molar-refractivity contribution >= 4 is 15.9 Å². The zero-order valence-electron chi connectivity index (χ0n) is 14.5. The van der Waals surface area contributed by atoms with Gasteiger partial charge in [-0.2, -0.15) is 0 Å². The van der Waals surface area contributed by atoms with Gasteiger partial charge in [0.2, 0.25) is 0 Å². The van der Waals surface area contributed by atoms with Gasteiger partial charge in [-0.1, -0.05) is 52.3 Å². The Morgan fingerprint density at radius 3 is 2.29 bits per heavy atom. The van der Waals surface area contributed by atoms with Crippen LogP contribution in [0.2, 0.25) is 0 Å². The molecule has 0 bridgehead atoms. The fourth-order valence-electron chi connectivity index (χ4n) is 2.14. The number of ether oxygens (including phenoxy) is 3. The number of halogens is 1. The van der Waals surface area contributed by atoms with E-state index in [1.807, 2.05) is 57.2 Å². The fraction of sp³-hybridized carbons (Fsp3) is 0.400. The molecule has 0 saturated heterocycles. The average Bonchev–Trinajstić information content (AvgIpc) is 2.55. The molecule has 0 unspecified atom stereocenters. The standard InChI is InChI=1S/C20H25BrO3/c1-20(2,3)24-19-13-17(14-21)9-10-18(19)23-12-11-22-15-16-7-5-4-6-8-16/h4-10,13H,11-12,14-15H2,1-3H3. The molecule has 0 aliphatic carbocycles. The smallest absolute Gasteiger partial charge is 0.162 e. The largest absolute Gasteiger partial charge is 0.487 e. The van der Waals surface area contributed by atoms with Gasteiger partial charge in [0.1, 0.15) is 12.2 Å². The van der Waals surface area contributed by atoms with Gasteiger partial charge in [-0.05, 0) is 44.0 Å². The number of rotatable bonds is 8. The third-order valence-electron chi connectivity index (χ3n) is 3.18. The van der Waals surface area contributed by atoms with E-state index in [1.54, 1.807) is 0 Å². The Labute approximate surface area is 153 Å². The molecule has 24 heavy (non-hydrogen) atoms. The van der Waals surface area contributed by atoms with E-state index in [2.05, 4.69) is 28.1 Å². The first-order valence-corrected chi connectivity index (χ1v) is 9.22. The molecule has 130 valence electrons. The second kappa shape index (κ2) is 9.09. The monoisotopic (exact) mass is 392 g/mol. The van der Waals surface area contributed by atoms with Crippen LogP contribution in [-0.4, -0.2) is 18.8 Å². The Kier molecular flexibility index (Phi) is 7.13. The van der Waals surface area contributed by atoms with E-state index in [-0.39, 0.29) is 5.60 Å². The minimum atomic E-state index is -0.271. The van der Waals surface area contributed by atoms with E-state index in [1.165, 1.54) is 0 Å². The molecule has 0 radical (unpaired) electrons. The van der Waals surface area contributed by atoms with E-state index in [9.17, 15) is 0 Å². The van der Waals surface area contributed by atoms with Crippen molar-refractivity contribution in [3.63, 3.8) is 0 Å². The summed E-state index contributed by atoms with van der Waals surface area (Å²) < 4.78 is 17.5. The van der Waals surface area contributed by atoms with Gasteiger partial charge in [-0.15, -0.1) is 0 Å². The molecular formula is C20H25BrO3. The highest BCUT2D eigenvalue weighted by Gasteiger charge is 2.16. The number of alkyl halides is 1. The minimum absolute atomic E-state index is 0.271. The number of benzene rings is 2. The Hall–Kier alpha value is -1.52. The molecule has 0 saturated carbocycles. The van der Waals surface area contributed by atoms with Crippen LogP contribution in [0, 0.1) is 0 Å². The molecule has 0 fully saturated rings. The molecule has 0 aliphatic rings. The Morgan fingerprint density at radius 2 is 1.62 bits per heavy atom. The maximum atomic E-state index is 6.02. The Bertz CT molecular complexity index is 621. The van der Waals surface area contributed by atoms with Crippen molar-refractivity contribution in [1.82, 2.24) is 0 Å².